The zero-order valence-electron chi connectivity index (χ0n) is 25.0. The second kappa shape index (κ2) is 12.2. The summed E-state index contributed by atoms with van der Waals surface area (Å²) in [6.07, 6.45) is -0.536. The second-order valence-electron chi connectivity index (χ2n) is 12.9. The molecule has 3 atom stereocenters. The standard InChI is InChI=1S/C30H44N2O8/c1-28(2,3)39-24(33)15-14-21(17-23-19-38-30(7,8)32(23)27(36)40-29(4,5)6)25(34)31-22(18-37-26(31)35)16-20-12-10-9-11-13-20/h9-13,21-23H,14-19H2,1-8H3. The van der Waals surface area contributed by atoms with E-state index in [1.54, 1.807) is 55.4 Å². The lowest BCUT2D eigenvalue weighted by molar-refractivity contribution is -0.155. The highest BCUT2D eigenvalue weighted by atomic mass is 16.6. The van der Waals surface area contributed by atoms with Crippen LogP contribution in [0.1, 0.15) is 80.2 Å². The van der Waals surface area contributed by atoms with Gasteiger partial charge in [-0.1, -0.05) is 30.3 Å². The Labute approximate surface area is 237 Å². The van der Waals surface area contributed by atoms with Crippen LogP contribution >= 0.6 is 0 Å². The zero-order chi connectivity index (χ0) is 29.9. The molecule has 222 valence electrons. The monoisotopic (exact) mass is 560 g/mol. The highest BCUT2D eigenvalue weighted by molar-refractivity contribution is 5.95. The van der Waals surface area contributed by atoms with Crippen LogP contribution in [-0.2, 0) is 35.0 Å². The van der Waals surface area contributed by atoms with E-state index >= 15 is 0 Å². The smallest absolute Gasteiger partial charge is 0.416 e. The van der Waals surface area contributed by atoms with E-state index in [1.165, 1.54) is 9.80 Å². The lowest BCUT2D eigenvalue weighted by Crippen LogP contribution is -2.51. The zero-order valence-corrected chi connectivity index (χ0v) is 25.0. The van der Waals surface area contributed by atoms with Crippen LogP contribution in [0.2, 0.25) is 0 Å². The van der Waals surface area contributed by atoms with Crippen LogP contribution < -0.4 is 0 Å². The van der Waals surface area contributed by atoms with Crippen LogP contribution in [0.4, 0.5) is 9.59 Å². The molecule has 2 saturated heterocycles. The minimum atomic E-state index is -0.964. The number of ether oxygens (including phenoxy) is 4. The molecule has 0 bridgehead atoms. The molecule has 3 rings (SSSR count). The summed E-state index contributed by atoms with van der Waals surface area (Å²) in [6, 6.07) is 8.57. The first-order chi connectivity index (χ1) is 18.5. The Morgan fingerprint density at radius 1 is 0.975 bits per heavy atom. The number of hydrogen-bond acceptors (Lipinski definition) is 8. The lowest BCUT2D eigenvalue weighted by atomic mass is 9.92. The van der Waals surface area contributed by atoms with Gasteiger partial charge < -0.3 is 18.9 Å². The molecule has 10 nitrogen and oxygen atoms in total. The van der Waals surface area contributed by atoms with Crippen molar-refractivity contribution in [2.24, 2.45) is 5.92 Å². The molecule has 40 heavy (non-hydrogen) atoms. The molecule has 0 N–H and O–H groups in total. The first-order valence-electron chi connectivity index (χ1n) is 13.9. The van der Waals surface area contributed by atoms with Gasteiger partial charge in [0.2, 0.25) is 5.91 Å². The average molecular weight is 561 g/mol. The van der Waals surface area contributed by atoms with Crippen molar-refractivity contribution in [2.45, 2.75) is 110 Å². The highest BCUT2D eigenvalue weighted by Crippen LogP contribution is 2.34. The van der Waals surface area contributed by atoms with E-state index in [0.29, 0.717) is 6.42 Å². The minimum Gasteiger partial charge on any atom is -0.460 e. The topological polar surface area (TPSA) is 112 Å². The number of amides is 3. The SMILES string of the molecule is CC(C)(C)OC(=O)CCC(CC1COC(C)(C)N1C(=O)OC(C)(C)C)C(=O)N1C(=O)OCC1Cc1ccccc1. The van der Waals surface area contributed by atoms with E-state index in [-0.39, 0.29) is 32.5 Å². The Bertz CT molecular complexity index is 1070. The summed E-state index contributed by atoms with van der Waals surface area (Å²) < 4.78 is 22.3. The van der Waals surface area contributed by atoms with Gasteiger partial charge in [0.1, 0.15) is 23.5 Å². The number of esters is 1. The summed E-state index contributed by atoms with van der Waals surface area (Å²) >= 11 is 0. The largest absolute Gasteiger partial charge is 0.460 e. The Morgan fingerprint density at radius 3 is 2.20 bits per heavy atom. The van der Waals surface area contributed by atoms with Gasteiger partial charge in [-0.3, -0.25) is 14.5 Å². The number of carbonyl (C=O) groups is 4. The Kier molecular flexibility index (Phi) is 9.54. The quantitative estimate of drug-likeness (QED) is 0.320. The van der Waals surface area contributed by atoms with E-state index < -0.39 is 59.0 Å². The molecular weight excluding hydrogens is 516 g/mol. The molecule has 1 aromatic carbocycles. The first kappa shape index (κ1) is 31.4. The third-order valence-electron chi connectivity index (χ3n) is 6.70. The van der Waals surface area contributed by atoms with Gasteiger partial charge in [0.15, 0.2) is 0 Å². The third-order valence-corrected chi connectivity index (χ3v) is 6.70. The molecule has 2 heterocycles. The lowest BCUT2D eigenvalue weighted by Gasteiger charge is -2.36. The van der Waals surface area contributed by atoms with E-state index in [9.17, 15) is 19.2 Å². The molecule has 2 aliphatic heterocycles. The maximum Gasteiger partial charge on any atom is 0.416 e. The summed E-state index contributed by atoms with van der Waals surface area (Å²) in [6.45, 7) is 14.5. The number of hydrogen-bond donors (Lipinski definition) is 0. The number of benzene rings is 1. The number of carbonyl (C=O) groups excluding carboxylic acids is 4. The van der Waals surface area contributed by atoms with Crippen LogP contribution in [0.15, 0.2) is 30.3 Å². The van der Waals surface area contributed by atoms with Crippen LogP contribution in [-0.4, -0.2) is 76.1 Å². The van der Waals surface area contributed by atoms with Gasteiger partial charge in [-0.2, -0.15) is 0 Å². The molecule has 0 aromatic heterocycles. The predicted molar refractivity (Wildman–Crippen MR) is 147 cm³/mol. The van der Waals surface area contributed by atoms with Crippen LogP contribution in [0.25, 0.3) is 0 Å². The summed E-state index contributed by atoms with van der Waals surface area (Å²) in [7, 11) is 0. The van der Waals surface area contributed by atoms with Gasteiger partial charge in [0.25, 0.3) is 0 Å². The highest BCUT2D eigenvalue weighted by Gasteiger charge is 2.48. The van der Waals surface area contributed by atoms with Gasteiger partial charge in [0, 0.05) is 12.3 Å². The normalized spacial score (nSPS) is 21.6. The van der Waals surface area contributed by atoms with Crippen LogP contribution in [0.5, 0.6) is 0 Å². The fourth-order valence-corrected chi connectivity index (χ4v) is 5.06. The molecule has 0 radical (unpaired) electrons. The van der Waals surface area contributed by atoms with E-state index in [4.69, 9.17) is 18.9 Å². The number of imide groups is 1. The summed E-state index contributed by atoms with van der Waals surface area (Å²) in [5.74, 6) is -1.66. The van der Waals surface area contributed by atoms with Crippen molar-refractivity contribution < 1.29 is 38.1 Å². The van der Waals surface area contributed by atoms with Crippen molar-refractivity contribution in [2.75, 3.05) is 13.2 Å². The van der Waals surface area contributed by atoms with Crippen LogP contribution in [0.3, 0.4) is 0 Å². The Hall–Kier alpha value is -3.14. The van der Waals surface area contributed by atoms with Crippen molar-refractivity contribution in [3.8, 4) is 0 Å². The average Bonchev–Trinajstić information content (AvgIpc) is 3.32. The van der Waals surface area contributed by atoms with Crippen molar-refractivity contribution >= 4 is 24.1 Å². The van der Waals surface area contributed by atoms with Gasteiger partial charge in [-0.05, 0) is 80.2 Å². The molecule has 10 heteroatoms. The van der Waals surface area contributed by atoms with E-state index in [0.717, 1.165) is 5.56 Å². The second-order valence-corrected chi connectivity index (χ2v) is 12.9. The maximum atomic E-state index is 14.0. The maximum absolute atomic E-state index is 14.0. The summed E-state index contributed by atoms with van der Waals surface area (Å²) in [5, 5.41) is 0. The fourth-order valence-electron chi connectivity index (χ4n) is 5.06. The third kappa shape index (κ3) is 8.43. The molecule has 0 spiro atoms. The molecular formula is C30H44N2O8. The molecule has 0 aliphatic carbocycles. The van der Waals surface area contributed by atoms with Gasteiger partial charge in [-0.15, -0.1) is 0 Å². The number of nitrogens with zero attached hydrogens (tertiary/aromatic N) is 2. The van der Waals surface area contributed by atoms with Gasteiger partial charge in [-0.25, -0.2) is 14.5 Å². The first-order valence-corrected chi connectivity index (χ1v) is 13.9. The van der Waals surface area contributed by atoms with E-state index in [1.807, 2.05) is 30.3 Å². The Balaban J connectivity index is 1.85. The fraction of sp³-hybridized carbons (Fsp3) is 0.667. The number of rotatable bonds is 8. The summed E-state index contributed by atoms with van der Waals surface area (Å²) in [5.41, 5.74) is -1.40. The van der Waals surface area contributed by atoms with Crippen molar-refractivity contribution in [1.29, 1.82) is 0 Å². The van der Waals surface area contributed by atoms with Crippen molar-refractivity contribution in [3.63, 3.8) is 0 Å². The molecule has 3 amide bonds. The summed E-state index contributed by atoms with van der Waals surface area (Å²) in [4.78, 5) is 55.3. The number of cyclic esters (lactones) is 1. The Morgan fingerprint density at radius 2 is 1.60 bits per heavy atom. The molecule has 2 fully saturated rings. The van der Waals surface area contributed by atoms with Gasteiger partial charge >= 0.3 is 18.2 Å². The molecule has 3 unspecified atom stereocenters. The van der Waals surface area contributed by atoms with Crippen LogP contribution in [0, 0.1) is 5.92 Å². The van der Waals surface area contributed by atoms with Crippen molar-refractivity contribution in [1.82, 2.24) is 9.80 Å². The van der Waals surface area contributed by atoms with Gasteiger partial charge in [0.05, 0.1) is 18.7 Å². The van der Waals surface area contributed by atoms with Crippen molar-refractivity contribution in [3.05, 3.63) is 35.9 Å². The molecule has 1 aromatic rings. The molecule has 2 aliphatic rings. The minimum absolute atomic E-state index is 0.0245. The molecule has 0 saturated carbocycles. The van der Waals surface area contributed by atoms with E-state index in [2.05, 4.69) is 0 Å². The predicted octanol–water partition coefficient (Wildman–Crippen LogP) is 5.08.